The van der Waals surface area contributed by atoms with E-state index in [1.54, 1.807) is 23.1 Å². The van der Waals surface area contributed by atoms with Crippen molar-refractivity contribution in [3.8, 4) is 0 Å². The Kier molecular flexibility index (Phi) is 4.05. The van der Waals surface area contributed by atoms with E-state index in [4.69, 9.17) is 8.94 Å². The molecule has 1 aromatic carbocycles. The molecule has 6 nitrogen and oxygen atoms in total. The molecule has 0 saturated carbocycles. The number of hydrogen-bond acceptors (Lipinski definition) is 5. The maximum absolute atomic E-state index is 13.0. The Morgan fingerprint density at radius 1 is 1.28 bits per heavy atom. The fourth-order valence-corrected chi connectivity index (χ4v) is 3.08. The predicted molar refractivity (Wildman–Crippen MR) is 85.2 cm³/mol. The zero-order chi connectivity index (χ0) is 17.2. The second kappa shape index (κ2) is 6.51. The third-order valence-corrected chi connectivity index (χ3v) is 4.33. The zero-order valence-corrected chi connectivity index (χ0v) is 13.4. The average Bonchev–Trinajstić information content (AvgIpc) is 3.37. The van der Waals surface area contributed by atoms with Crippen LogP contribution >= 0.6 is 0 Å². The third kappa shape index (κ3) is 3.17. The summed E-state index contributed by atoms with van der Waals surface area (Å²) >= 11 is 0. The summed E-state index contributed by atoms with van der Waals surface area (Å²) in [6.07, 6.45) is 5.02. The largest absolute Gasteiger partial charge is 0.472 e. The molecule has 0 radical (unpaired) electrons. The van der Waals surface area contributed by atoms with Gasteiger partial charge in [0.1, 0.15) is 18.1 Å². The first-order valence-electron chi connectivity index (χ1n) is 8.11. The number of amides is 1. The fraction of sp³-hybridized carbons (Fsp3) is 0.278. The standard InChI is InChI=1S/C18H16FN3O3/c19-14-5-3-12(4-6-14)10-16-20-17(25-21-16)15-2-1-8-22(15)18(23)13-7-9-24-11-13/h3-7,9,11,15H,1-2,8,10H2/t15-/m1/s1. The van der Waals surface area contributed by atoms with Crippen molar-refractivity contribution in [2.75, 3.05) is 6.54 Å². The van der Waals surface area contributed by atoms with Crippen LogP contribution in [0, 0.1) is 5.82 Å². The lowest BCUT2D eigenvalue weighted by Crippen LogP contribution is -2.30. The summed E-state index contributed by atoms with van der Waals surface area (Å²) < 4.78 is 23.4. The Labute approximate surface area is 143 Å². The van der Waals surface area contributed by atoms with E-state index >= 15 is 0 Å². The first-order valence-corrected chi connectivity index (χ1v) is 8.11. The molecule has 1 fully saturated rings. The van der Waals surface area contributed by atoms with Crippen LogP contribution in [0.3, 0.4) is 0 Å². The molecule has 1 aliphatic heterocycles. The van der Waals surface area contributed by atoms with Gasteiger partial charge in [0.15, 0.2) is 5.82 Å². The van der Waals surface area contributed by atoms with Gasteiger partial charge in [-0.2, -0.15) is 4.98 Å². The van der Waals surface area contributed by atoms with Gasteiger partial charge < -0.3 is 13.8 Å². The van der Waals surface area contributed by atoms with Crippen LogP contribution in [0.2, 0.25) is 0 Å². The highest BCUT2D eigenvalue weighted by atomic mass is 19.1. The molecule has 0 bridgehead atoms. The lowest BCUT2D eigenvalue weighted by molar-refractivity contribution is 0.0709. The summed E-state index contributed by atoms with van der Waals surface area (Å²) in [6.45, 7) is 0.643. The molecule has 3 heterocycles. The second-order valence-electron chi connectivity index (χ2n) is 6.02. The SMILES string of the molecule is O=C(c1ccoc1)N1CCC[C@@H]1c1nc(Cc2ccc(F)cc2)no1. The molecule has 25 heavy (non-hydrogen) atoms. The molecule has 1 amide bonds. The lowest BCUT2D eigenvalue weighted by atomic mass is 10.1. The molecule has 4 rings (SSSR count). The molecule has 7 heteroatoms. The van der Waals surface area contributed by atoms with E-state index in [2.05, 4.69) is 10.1 Å². The highest BCUT2D eigenvalue weighted by molar-refractivity contribution is 5.94. The smallest absolute Gasteiger partial charge is 0.257 e. The van der Waals surface area contributed by atoms with E-state index in [1.165, 1.54) is 24.7 Å². The van der Waals surface area contributed by atoms with E-state index in [0.29, 0.717) is 30.2 Å². The summed E-state index contributed by atoms with van der Waals surface area (Å²) in [5, 5.41) is 4.00. The predicted octanol–water partition coefficient (Wildman–Crippen LogP) is 3.37. The number of aromatic nitrogens is 2. The second-order valence-corrected chi connectivity index (χ2v) is 6.02. The molecule has 1 atom stereocenters. The molecular formula is C18H16FN3O3. The van der Waals surface area contributed by atoms with Crippen LogP contribution in [0.15, 0.2) is 51.8 Å². The number of likely N-dealkylation sites (tertiary alicyclic amines) is 1. The van der Waals surface area contributed by atoms with E-state index < -0.39 is 0 Å². The summed E-state index contributed by atoms with van der Waals surface area (Å²) in [5.41, 5.74) is 1.41. The summed E-state index contributed by atoms with van der Waals surface area (Å²) in [5.74, 6) is 0.571. The number of hydrogen-bond donors (Lipinski definition) is 0. The minimum atomic E-state index is -0.281. The van der Waals surface area contributed by atoms with Crippen molar-refractivity contribution in [3.05, 3.63) is 71.5 Å². The van der Waals surface area contributed by atoms with Crippen LogP contribution in [0.5, 0.6) is 0 Å². The molecule has 0 N–H and O–H groups in total. The number of benzene rings is 1. The van der Waals surface area contributed by atoms with E-state index in [9.17, 15) is 9.18 Å². The van der Waals surface area contributed by atoms with E-state index in [1.807, 2.05) is 0 Å². The maximum Gasteiger partial charge on any atom is 0.257 e. The van der Waals surface area contributed by atoms with Crippen molar-refractivity contribution in [1.82, 2.24) is 15.0 Å². The molecular weight excluding hydrogens is 325 g/mol. The van der Waals surface area contributed by atoms with Gasteiger partial charge >= 0.3 is 0 Å². The van der Waals surface area contributed by atoms with Gasteiger partial charge in [-0.25, -0.2) is 4.39 Å². The van der Waals surface area contributed by atoms with Crippen molar-refractivity contribution in [3.63, 3.8) is 0 Å². The fourth-order valence-electron chi connectivity index (χ4n) is 3.08. The number of nitrogens with zero attached hydrogens (tertiary/aromatic N) is 3. The maximum atomic E-state index is 13.0. The van der Waals surface area contributed by atoms with Gasteiger partial charge in [0.25, 0.3) is 5.91 Å². The summed E-state index contributed by atoms with van der Waals surface area (Å²) in [6, 6.07) is 7.60. The molecule has 0 aliphatic carbocycles. The first kappa shape index (κ1) is 15.6. The number of carbonyl (C=O) groups excluding carboxylic acids is 1. The van der Waals surface area contributed by atoms with Gasteiger partial charge in [0.05, 0.1) is 11.8 Å². The van der Waals surface area contributed by atoms with Gasteiger partial charge in [0, 0.05) is 13.0 Å². The summed E-state index contributed by atoms with van der Waals surface area (Å²) in [7, 11) is 0. The Morgan fingerprint density at radius 2 is 2.12 bits per heavy atom. The monoisotopic (exact) mass is 341 g/mol. The first-order chi connectivity index (χ1) is 12.2. The third-order valence-electron chi connectivity index (χ3n) is 4.33. The summed E-state index contributed by atoms with van der Waals surface area (Å²) in [4.78, 5) is 18.7. The molecule has 0 unspecified atom stereocenters. The molecule has 0 spiro atoms. The Balaban J connectivity index is 1.50. The Bertz CT molecular complexity index is 858. The van der Waals surface area contributed by atoms with E-state index in [-0.39, 0.29) is 17.8 Å². The van der Waals surface area contributed by atoms with Crippen LogP contribution in [0.1, 0.15) is 46.5 Å². The van der Waals surface area contributed by atoms with Crippen LogP contribution in [-0.4, -0.2) is 27.5 Å². The van der Waals surface area contributed by atoms with Crippen molar-refractivity contribution >= 4 is 5.91 Å². The number of halogens is 1. The number of carbonyl (C=O) groups is 1. The van der Waals surface area contributed by atoms with Crippen molar-refractivity contribution in [2.45, 2.75) is 25.3 Å². The Morgan fingerprint density at radius 3 is 2.88 bits per heavy atom. The highest BCUT2D eigenvalue weighted by Gasteiger charge is 2.34. The molecule has 2 aromatic heterocycles. The van der Waals surface area contributed by atoms with Crippen LogP contribution in [-0.2, 0) is 6.42 Å². The molecule has 3 aromatic rings. The van der Waals surface area contributed by atoms with Gasteiger partial charge in [-0.15, -0.1) is 0 Å². The Hall–Kier alpha value is -2.96. The van der Waals surface area contributed by atoms with Gasteiger partial charge in [-0.05, 0) is 36.6 Å². The number of rotatable bonds is 4. The normalized spacial score (nSPS) is 17.2. The van der Waals surface area contributed by atoms with Crippen molar-refractivity contribution in [2.24, 2.45) is 0 Å². The molecule has 128 valence electrons. The van der Waals surface area contributed by atoms with Gasteiger partial charge in [0.2, 0.25) is 5.89 Å². The minimum Gasteiger partial charge on any atom is -0.472 e. The topological polar surface area (TPSA) is 72.4 Å². The lowest BCUT2D eigenvalue weighted by Gasteiger charge is -2.20. The molecule has 1 aliphatic rings. The molecule has 1 saturated heterocycles. The highest BCUT2D eigenvalue weighted by Crippen LogP contribution is 2.32. The van der Waals surface area contributed by atoms with Crippen LogP contribution < -0.4 is 0 Å². The van der Waals surface area contributed by atoms with Crippen LogP contribution in [0.4, 0.5) is 4.39 Å². The van der Waals surface area contributed by atoms with Crippen molar-refractivity contribution in [1.29, 1.82) is 0 Å². The number of furan rings is 1. The van der Waals surface area contributed by atoms with E-state index in [0.717, 1.165) is 18.4 Å². The van der Waals surface area contributed by atoms with Gasteiger partial charge in [-0.3, -0.25) is 4.79 Å². The van der Waals surface area contributed by atoms with Gasteiger partial charge in [-0.1, -0.05) is 17.3 Å². The average molecular weight is 341 g/mol. The quantitative estimate of drug-likeness (QED) is 0.727. The zero-order valence-electron chi connectivity index (χ0n) is 13.4. The minimum absolute atomic E-state index is 0.102. The van der Waals surface area contributed by atoms with Crippen molar-refractivity contribution < 1.29 is 18.1 Å². The van der Waals surface area contributed by atoms with Crippen LogP contribution in [0.25, 0.3) is 0 Å².